The molecule has 3 aromatic rings. The molecule has 0 spiro atoms. The smallest absolute Gasteiger partial charge is 0.286 e. The van der Waals surface area contributed by atoms with E-state index in [4.69, 9.17) is 4.42 Å². The molecule has 37 heavy (non-hydrogen) atoms. The second-order valence-corrected chi connectivity index (χ2v) is 9.86. The molecule has 1 atom stereocenters. The Morgan fingerprint density at radius 1 is 1.08 bits per heavy atom. The number of para-hydroxylation sites is 1. The van der Waals surface area contributed by atoms with Crippen LogP contribution < -0.4 is 10.3 Å². The summed E-state index contributed by atoms with van der Waals surface area (Å²) in [6, 6.07) is 14.3. The van der Waals surface area contributed by atoms with Crippen molar-refractivity contribution in [3.8, 4) is 0 Å². The molecule has 1 saturated heterocycles. The number of hydrazine groups is 1. The molecule has 0 aliphatic carbocycles. The number of carbonyl (C=O) groups is 3. The molecular formula is C27H30FN5O4. The fourth-order valence-corrected chi connectivity index (χ4v) is 4.22. The number of Topliss-reactive ketones (excluding diaryl/α,β-unsaturated/α-hetero) is 1. The number of carbonyl (C=O) groups excluding carboxylic acids is 3. The van der Waals surface area contributed by atoms with Crippen LogP contribution in [0.15, 0.2) is 59.0 Å². The van der Waals surface area contributed by atoms with Crippen molar-refractivity contribution in [2.45, 2.75) is 45.6 Å². The van der Waals surface area contributed by atoms with E-state index >= 15 is 0 Å². The van der Waals surface area contributed by atoms with Crippen molar-refractivity contribution in [3.63, 3.8) is 0 Å². The van der Waals surface area contributed by atoms with Gasteiger partial charge in [-0.15, -0.1) is 10.2 Å². The zero-order valence-corrected chi connectivity index (χ0v) is 21.3. The van der Waals surface area contributed by atoms with Gasteiger partial charge < -0.3 is 9.73 Å². The summed E-state index contributed by atoms with van der Waals surface area (Å²) in [4.78, 5) is 38.7. The third kappa shape index (κ3) is 5.52. The predicted molar refractivity (Wildman–Crippen MR) is 134 cm³/mol. The summed E-state index contributed by atoms with van der Waals surface area (Å²) in [7, 11) is 0. The van der Waals surface area contributed by atoms with Gasteiger partial charge in [-0.3, -0.25) is 19.4 Å². The van der Waals surface area contributed by atoms with E-state index < -0.39 is 23.1 Å². The van der Waals surface area contributed by atoms with E-state index in [0.717, 1.165) is 11.3 Å². The maximum atomic E-state index is 13.4. The monoisotopic (exact) mass is 507 g/mol. The molecule has 2 aromatic carbocycles. The number of amides is 2. The van der Waals surface area contributed by atoms with E-state index in [1.807, 2.05) is 44.2 Å². The van der Waals surface area contributed by atoms with Gasteiger partial charge in [0.05, 0.1) is 17.1 Å². The van der Waals surface area contributed by atoms with Crippen molar-refractivity contribution < 1.29 is 23.2 Å². The van der Waals surface area contributed by atoms with Gasteiger partial charge >= 0.3 is 0 Å². The molecule has 2 heterocycles. The molecular weight excluding hydrogens is 477 g/mol. The molecule has 194 valence electrons. The molecule has 0 bridgehead atoms. The number of aromatic nitrogens is 2. The average molecular weight is 508 g/mol. The van der Waals surface area contributed by atoms with Gasteiger partial charge in [0.15, 0.2) is 0 Å². The first-order valence-corrected chi connectivity index (χ1v) is 12.1. The van der Waals surface area contributed by atoms with E-state index in [0.29, 0.717) is 13.0 Å². The number of anilines is 1. The van der Waals surface area contributed by atoms with E-state index in [1.54, 1.807) is 31.0 Å². The molecule has 2 amide bonds. The van der Waals surface area contributed by atoms with Crippen LogP contribution in [-0.4, -0.2) is 51.9 Å². The second kappa shape index (κ2) is 10.5. The summed E-state index contributed by atoms with van der Waals surface area (Å²) < 4.78 is 19.1. The lowest BCUT2D eigenvalue weighted by Gasteiger charge is -2.30. The van der Waals surface area contributed by atoms with E-state index in [-0.39, 0.29) is 36.0 Å². The van der Waals surface area contributed by atoms with Crippen LogP contribution in [0.1, 0.15) is 56.3 Å². The number of nitrogens with one attached hydrogen (secondary N) is 1. The summed E-state index contributed by atoms with van der Waals surface area (Å²) in [5.41, 5.74) is 0.774. The first kappa shape index (κ1) is 26.0. The van der Waals surface area contributed by atoms with Crippen molar-refractivity contribution in [2.75, 3.05) is 18.1 Å². The fraction of sp³-hybridized carbons (Fsp3) is 0.370. The molecule has 1 aliphatic heterocycles. The Kier molecular flexibility index (Phi) is 7.37. The minimum absolute atomic E-state index is 0.170. The topological polar surface area (TPSA) is 109 Å². The van der Waals surface area contributed by atoms with Crippen molar-refractivity contribution >= 4 is 23.3 Å². The van der Waals surface area contributed by atoms with Gasteiger partial charge in [-0.1, -0.05) is 44.2 Å². The average Bonchev–Trinajstić information content (AvgIpc) is 3.51. The molecule has 1 aromatic heterocycles. The molecule has 0 saturated carbocycles. The summed E-state index contributed by atoms with van der Waals surface area (Å²) >= 11 is 0. The van der Waals surface area contributed by atoms with Crippen molar-refractivity contribution in [1.82, 2.24) is 20.5 Å². The highest BCUT2D eigenvalue weighted by atomic mass is 19.1. The van der Waals surface area contributed by atoms with Gasteiger partial charge in [-0.05, 0) is 49.6 Å². The van der Waals surface area contributed by atoms with Crippen LogP contribution in [0.3, 0.4) is 0 Å². The van der Waals surface area contributed by atoms with E-state index in [1.165, 1.54) is 17.1 Å². The van der Waals surface area contributed by atoms with Crippen molar-refractivity contribution in [3.05, 3.63) is 77.8 Å². The number of rotatable bonds is 9. The van der Waals surface area contributed by atoms with Crippen molar-refractivity contribution in [1.29, 1.82) is 0 Å². The highest BCUT2D eigenvalue weighted by molar-refractivity contribution is 5.99. The number of ketones is 1. The molecule has 1 aliphatic rings. The lowest BCUT2D eigenvalue weighted by atomic mass is 9.84. The van der Waals surface area contributed by atoms with E-state index in [9.17, 15) is 18.8 Å². The molecule has 10 heteroatoms. The Morgan fingerprint density at radius 3 is 2.41 bits per heavy atom. The Morgan fingerprint density at radius 2 is 1.76 bits per heavy atom. The molecule has 1 N–H and O–H groups in total. The van der Waals surface area contributed by atoms with Gasteiger partial charge in [0.2, 0.25) is 23.5 Å². The van der Waals surface area contributed by atoms with Crippen LogP contribution in [0, 0.1) is 11.7 Å². The molecule has 1 fully saturated rings. The summed E-state index contributed by atoms with van der Waals surface area (Å²) in [5, 5.41) is 13.9. The number of hydrogen-bond donors (Lipinski definition) is 1. The highest BCUT2D eigenvalue weighted by Gasteiger charge is 2.36. The maximum absolute atomic E-state index is 13.4. The summed E-state index contributed by atoms with van der Waals surface area (Å²) in [5.74, 6) is -1.85. The van der Waals surface area contributed by atoms with Gasteiger partial charge in [0.25, 0.3) is 5.89 Å². The molecule has 9 nitrogen and oxygen atoms in total. The van der Waals surface area contributed by atoms with E-state index in [2.05, 4.69) is 15.5 Å². The SMILES string of the molecule is CC(C)[C@@H](NC(=O)CN1C(=O)CCN1c1ccccc1)C(=O)c1nnc(C(C)(C)c2ccc(F)cc2)o1. The number of benzene rings is 2. The Bertz CT molecular complexity index is 1270. The second-order valence-electron chi connectivity index (χ2n) is 9.86. The number of halogens is 1. The van der Waals surface area contributed by atoms with Crippen LogP contribution >= 0.6 is 0 Å². The zero-order chi connectivity index (χ0) is 26.7. The minimum atomic E-state index is -0.933. The first-order valence-electron chi connectivity index (χ1n) is 12.1. The van der Waals surface area contributed by atoms with Crippen LogP contribution in [-0.2, 0) is 15.0 Å². The Labute approximate surface area is 214 Å². The number of nitrogens with zero attached hydrogens (tertiary/aromatic N) is 4. The minimum Gasteiger partial charge on any atom is -0.417 e. The zero-order valence-electron chi connectivity index (χ0n) is 21.3. The summed E-state index contributed by atoms with van der Waals surface area (Å²) in [6.45, 7) is 7.48. The fourth-order valence-electron chi connectivity index (χ4n) is 4.22. The molecule has 0 unspecified atom stereocenters. The molecule has 0 radical (unpaired) electrons. The van der Waals surface area contributed by atoms with Crippen LogP contribution in [0.5, 0.6) is 0 Å². The van der Waals surface area contributed by atoms with Gasteiger partial charge in [-0.2, -0.15) is 0 Å². The predicted octanol–water partition coefficient (Wildman–Crippen LogP) is 3.51. The third-order valence-corrected chi connectivity index (χ3v) is 6.47. The first-order chi connectivity index (χ1) is 17.6. The molecule has 4 rings (SSSR count). The van der Waals surface area contributed by atoms with Crippen LogP contribution in [0.4, 0.5) is 10.1 Å². The van der Waals surface area contributed by atoms with Crippen LogP contribution in [0.2, 0.25) is 0 Å². The van der Waals surface area contributed by atoms with Gasteiger partial charge in [-0.25, -0.2) is 9.40 Å². The normalized spacial score (nSPS) is 14.8. The largest absolute Gasteiger partial charge is 0.417 e. The highest BCUT2D eigenvalue weighted by Crippen LogP contribution is 2.31. The van der Waals surface area contributed by atoms with Gasteiger partial charge in [0, 0.05) is 13.0 Å². The number of hydrogen-bond acceptors (Lipinski definition) is 7. The lowest BCUT2D eigenvalue weighted by molar-refractivity contribution is -0.133. The van der Waals surface area contributed by atoms with Crippen molar-refractivity contribution in [2.24, 2.45) is 5.92 Å². The van der Waals surface area contributed by atoms with Gasteiger partial charge in [0.1, 0.15) is 12.4 Å². The third-order valence-electron chi connectivity index (χ3n) is 6.47. The maximum Gasteiger partial charge on any atom is 0.286 e. The lowest BCUT2D eigenvalue weighted by Crippen LogP contribution is -2.51. The standard InChI is InChI=1S/C27H30FN5O4/c1-17(2)23(29-21(34)16-33-22(35)14-15-32(33)20-8-6-5-7-9-20)24(36)25-30-31-26(37-25)27(3,4)18-10-12-19(28)13-11-18/h5-13,17,23H,14-16H2,1-4H3,(H,29,34)/t23-/m1/s1. The van der Waals surface area contributed by atoms with Crippen LogP contribution in [0.25, 0.3) is 0 Å². The Hall–Kier alpha value is -4.08. The summed E-state index contributed by atoms with van der Waals surface area (Å²) in [6.07, 6.45) is 0.295. The quantitative estimate of drug-likeness (QED) is 0.442. The Balaban J connectivity index is 1.47.